The SMILES string of the molecule is C[Si](C)CC(C)(C)C. The molecule has 1 heteroatoms. The van der Waals surface area contributed by atoms with Crippen molar-refractivity contribution in [1.29, 1.82) is 0 Å². The number of hydrogen-bond donors (Lipinski definition) is 0. The van der Waals surface area contributed by atoms with Crippen LogP contribution in [0, 0.1) is 5.41 Å². The molecule has 8 heavy (non-hydrogen) atoms. The van der Waals surface area contributed by atoms with Gasteiger partial charge in [-0.05, 0) is 5.41 Å². The van der Waals surface area contributed by atoms with Crippen LogP contribution in [0.1, 0.15) is 20.8 Å². The van der Waals surface area contributed by atoms with E-state index in [2.05, 4.69) is 33.9 Å². The van der Waals surface area contributed by atoms with Crippen molar-refractivity contribution in [3.8, 4) is 0 Å². The van der Waals surface area contributed by atoms with Crippen molar-refractivity contribution in [2.24, 2.45) is 5.41 Å². The summed E-state index contributed by atoms with van der Waals surface area (Å²) in [4.78, 5) is 0. The normalized spacial score (nSPS) is 12.8. The topological polar surface area (TPSA) is 0 Å². The Balaban J connectivity index is 3.39. The summed E-state index contributed by atoms with van der Waals surface area (Å²) < 4.78 is 0. The third-order valence-electron chi connectivity index (χ3n) is 0.884. The molecule has 0 aromatic carbocycles. The van der Waals surface area contributed by atoms with E-state index in [4.69, 9.17) is 0 Å². The average Bonchev–Trinajstić information content (AvgIpc) is 1.21. The van der Waals surface area contributed by atoms with E-state index in [1.165, 1.54) is 6.04 Å². The molecule has 0 saturated heterocycles. The molecule has 1 radical (unpaired) electrons. The molecule has 49 valence electrons. The van der Waals surface area contributed by atoms with Crippen LogP contribution in [0.2, 0.25) is 19.1 Å². The van der Waals surface area contributed by atoms with E-state index in [1.807, 2.05) is 0 Å². The van der Waals surface area contributed by atoms with Crippen molar-refractivity contribution >= 4 is 8.80 Å². The first-order valence-corrected chi connectivity index (χ1v) is 5.91. The molecule has 0 bridgehead atoms. The minimum Gasteiger partial charge on any atom is -0.0713 e. The molecule has 0 heterocycles. The monoisotopic (exact) mass is 129 g/mol. The first kappa shape index (κ1) is 8.22. The Morgan fingerprint density at radius 1 is 1.12 bits per heavy atom. The predicted octanol–water partition coefficient (Wildman–Crippen LogP) is 2.79. The highest BCUT2D eigenvalue weighted by Gasteiger charge is 2.11. The highest BCUT2D eigenvalue weighted by atomic mass is 28.3. The standard InChI is InChI=1S/C7H17Si/c1-7(2,3)6-8(4)5/h6H2,1-5H3. The first-order valence-electron chi connectivity index (χ1n) is 3.21. The van der Waals surface area contributed by atoms with E-state index in [0.29, 0.717) is 5.41 Å². The van der Waals surface area contributed by atoms with E-state index >= 15 is 0 Å². The van der Waals surface area contributed by atoms with Gasteiger partial charge in [-0.25, -0.2) is 0 Å². The molecule has 0 atom stereocenters. The van der Waals surface area contributed by atoms with Crippen molar-refractivity contribution in [2.75, 3.05) is 0 Å². The van der Waals surface area contributed by atoms with E-state index in [1.54, 1.807) is 0 Å². The Hall–Kier alpha value is 0.217. The molecule has 0 aliphatic rings. The van der Waals surface area contributed by atoms with Gasteiger partial charge in [-0.1, -0.05) is 39.9 Å². The molecule has 0 fully saturated rings. The van der Waals surface area contributed by atoms with E-state index in [0.717, 1.165) is 0 Å². The Labute approximate surface area is 54.9 Å². The minimum atomic E-state index is 0.00797. The molecule has 0 aliphatic heterocycles. The van der Waals surface area contributed by atoms with Gasteiger partial charge in [0.2, 0.25) is 0 Å². The maximum atomic E-state index is 2.37. The van der Waals surface area contributed by atoms with Gasteiger partial charge in [-0.15, -0.1) is 0 Å². The van der Waals surface area contributed by atoms with Crippen LogP contribution in [-0.4, -0.2) is 8.80 Å². The number of rotatable bonds is 1. The largest absolute Gasteiger partial charge is 0.0713 e. The summed E-state index contributed by atoms with van der Waals surface area (Å²) >= 11 is 0. The highest BCUT2D eigenvalue weighted by Crippen LogP contribution is 2.20. The predicted molar refractivity (Wildman–Crippen MR) is 41.7 cm³/mol. The van der Waals surface area contributed by atoms with E-state index < -0.39 is 0 Å². The molecular weight excluding hydrogens is 112 g/mol. The second-order valence-corrected chi connectivity index (χ2v) is 6.71. The molecule has 0 aromatic heterocycles. The molecule has 0 unspecified atom stereocenters. The molecule has 0 aromatic rings. The molecule has 0 spiro atoms. The van der Waals surface area contributed by atoms with E-state index in [9.17, 15) is 0 Å². The summed E-state index contributed by atoms with van der Waals surface area (Å²) in [7, 11) is 0.00797. The Bertz CT molecular complexity index is 59.3. The van der Waals surface area contributed by atoms with Gasteiger partial charge in [0.05, 0.1) is 0 Å². The fourth-order valence-electron chi connectivity index (χ4n) is 1.06. The van der Waals surface area contributed by atoms with Gasteiger partial charge < -0.3 is 0 Å². The summed E-state index contributed by atoms with van der Waals surface area (Å²) in [5.41, 5.74) is 0.567. The molecule has 0 aliphatic carbocycles. The van der Waals surface area contributed by atoms with Crippen LogP contribution < -0.4 is 0 Å². The molecular formula is C7H17Si. The Morgan fingerprint density at radius 3 is 1.50 bits per heavy atom. The minimum absolute atomic E-state index is 0.00797. The zero-order valence-corrected chi connectivity index (χ0v) is 7.71. The lowest BCUT2D eigenvalue weighted by Crippen LogP contribution is -2.13. The van der Waals surface area contributed by atoms with Gasteiger partial charge in [0, 0.05) is 8.80 Å². The van der Waals surface area contributed by atoms with Gasteiger partial charge in [0.25, 0.3) is 0 Å². The lowest BCUT2D eigenvalue weighted by Gasteiger charge is -2.19. The fourth-order valence-corrected chi connectivity index (χ4v) is 3.18. The Kier molecular flexibility index (Phi) is 2.74. The summed E-state index contributed by atoms with van der Waals surface area (Å²) in [6.07, 6.45) is 0. The van der Waals surface area contributed by atoms with Crippen molar-refractivity contribution in [3.05, 3.63) is 0 Å². The van der Waals surface area contributed by atoms with Crippen LogP contribution in [0.25, 0.3) is 0 Å². The van der Waals surface area contributed by atoms with Crippen LogP contribution in [0.5, 0.6) is 0 Å². The highest BCUT2D eigenvalue weighted by molar-refractivity contribution is 6.55. The van der Waals surface area contributed by atoms with Crippen molar-refractivity contribution in [2.45, 2.75) is 39.9 Å². The van der Waals surface area contributed by atoms with E-state index in [-0.39, 0.29) is 8.80 Å². The third kappa shape index (κ3) is 6.22. The van der Waals surface area contributed by atoms with Crippen LogP contribution in [-0.2, 0) is 0 Å². The smallest absolute Gasteiger partial charge is 0.0418 e. The summed E-state index contributed by atoms with van der Waals surface area (Å²) in [5, 5.41) is 0. The van der Waals surface area contributed by atoms with Gasteiger partial charge in [-0.2, -0.15) is 0 Å². The molecule has 0 rings (SSSR count). The van der Waals surface area contributed by atoms with Gasteiger partial charge in [0.1, 0.15) is 0 Å². The summed E-state index contributed by atoms with van der Waals surface area (Å²) in [6, 6.07) is 1.43. The zero-order chi connectivity index (χ0) is 6.78. The van der Waals surface area contributed by atoms with Gasteiger partial charge in [-0.3, -0.25) is 0 Å². The summed E-state index contributed by atoms with van der Waals surface area (Å²) in [5.74, 6) is 0. The van der Waals surface area contributed by atoms with Crippen LogP contribution in [0.15, 0.2) is 0 Å². The zero-order valence-electron chi connectivity index (χ0n) is 6.71. The summed E-state index contributed by atoms with van der Waals surface area (Å²) in [6.45, 7) is 11.7. The fraction of sp³-hybridized carbons (Fsp3) is 1.00. The molecule has 0 saturated carbocycles. The first-order chi connectivity index (χ1) is 3.42. The molecule has 0 amide bonds. The quantitative estimate of drug-likeness (QED) is 0.478. The second-order valence-electron chi connectivity index (χ2n) is 3.94. The lowest BCUT2D eigenvalue weighted by atomic mass is 10.0. The van der Waals surface area contributed by atoms with Crippen molar-refractivity contribution < 1.29 is 0 Å². The number of hydrogen-bond acceptors (Lipinski definition) is 0. The maximum absolute atomic E-state index is 2.37. The maximum Gasteiger partial charge on any atom is 0.0418 e. The average molecular weight is 129 g/mol. The molecule has 0 nitrogen and oxygen atoms in total. The third-order valence-corrected chi connectivity index (χ3v) is 2.65. The van der Waals surface area contributed by atoms with Gasteiger partial charge >= 0.3 is 0 Å². The Morgan fingerprint density at radius 2 is 1.50 bits per heavy atom. The van der Waals surface area contributed by atoms with Crippen LogP contribution in [0.3, 0.4) is 0 Å². The second kappa shape index (κ2) is 2.67. The van der Waals surface area contributed by atoms with Crippen molar-refractivity contribution in [1.82, 2.24) is 0 Å². The molecule has 0 N–H and O–H groups in total. The van der Waals surface area contributed by atoms with Crippen molar-refractivity contribution in [3.63, 3.8) is 0 Å². The van der Waals surface area contributed by atoms with Crippen LogP contribution in [0.4, 0.5) is 0 Å². The lowest BCUT2D eigenvalue weighted by molar-refractivity contribution is 0.465. The van der Waals surface area contributed by atoms with Gasteiger partial charge in [0.15, 0.2) is 0 Å². The van der Waals surface area contributed by atoms with Crippen LogP contribution >= 0.6 is 0 Å².